The van der Waals surface area contributed by atoms with E-state index in [2.05, 4.69) is 5.32 Å². The number of nitrogens with one attached hydrogen (secondary N) is 1. The fraction of sp³-hybridized carbons (Fsp3) is 0.231. The lowest BCUT2D eigenvalue weighted by atomic mass is 10.1. The van der Waals surface area contributed by atoms with E-state index in [0.717, 1.165) is 6.07 Å². The highest BCUT2D eigenvalue weighted by Crippen LogP contribution is 2.24. The summed E-state index contributed by atoms with van der Waals surface area (Å²) in [5.74, 6) is 0. The van der Waals surface area contributed by atoms with Crippen molar-refractivity contribution < 1.29 is 9.85 Å². The van der Waals surface area contributed by atoms with E-state index in [0.29, 0.717) is 12.1 Å². The number of rotatable bonds is 6. The quantitative estimate of drug-likeness (QED) is 0.653. The minimum absolute atomic E-state index is 0.236. The van der Waals surface area contributed by atoms with Gasteiger partial charge < -0.3 is 5.32 Å². The van der Waals surface area contributed by atoms with E-state index in [4.69, 9.17) is 0 Å². The molecule has 8 heteroatoms. The van der Waals surface area contributed by atoms with Crippen LogP contribution in [0.1, 0.15) is 16.0 Å². The summed E-state index contributed by atoms with van der Waals surface area (Å²) in [6.07, 6.45) is 0. The Kier molecular flexibility index (Phi) is 4.61. The molecule has 1 heterocycles. The summed E-state index contributed by atoms with van der Waals surface area (Å²) < 4.78 is 0. The molecule has 1 aromatic carbocycles. The Morgan fingerprint density at radius 2 is 1.90 bits per heavy atom. The van der Waals surface area contributed by atoms with Gasteiger partial charge in [-0.1, -0.05) is 0 Å². The normalized spacial score (nSPS) is 10.5. The predicted octanol–water partition coefficient (Wildman–Crippen LogP) is 3.16. The number of hydrogen-bond donors (Lipinski definition) is 1. The summed E-state index contributed by atoms with van der Waals surface area (Å²) in [6.45, 7) is 2.89. The second-order valence-corrected chi connectivity index (χ2v) is 5.46. The fourth-order valence-electron chi connectivity index (χ4n) is 1.88. The van der Waals surface area contributed by atoms with Crippen molar-refractivity contribution in [2.24, 2.45) is 0 Å². The average Bonchev–Trinajstić information content (AvgIpc) is 2.84. The zero-order valence-electron chi connectivity index (χ0n) is 11.2. The molecule has 0 atom stereocenters. The van der Waals surface area contributed by atoms with E-state index in [1.54, 1.807) is 11.3 Å². The number of nitro groups is 2. The Morgan fingerprint density at radius 3 is 2.48 bits per heavy atom. The maximum atomic E-state index is 11.0. The van der Waals surface area contributed by atoms with Crippen molar-refractivity contribution in [1.29, 1.82) is 0 Å². The van der Waals surface area contributed by atoms with Crippen LogP contribution in [0.25, 0.3) is 0 Å². The van der Waals surface area contributed by atoms with Gasteiger partial charge in [0.25, 0.3) is 11.4 Å². The average molecular weight is 307 g/mol. The van der Waals surface area contributed by atoms with Crippen molar-refractivity contribution in [3.8, 4) is 0 Å². The standard InChI is InChI=1S/C13H13N3O4S/c1-9-4-5-21-13(9)8-14-7-10-2-3-11(15(17)18)6-12(10)16(19)20/h2-6,14H,7-8H2,1H3. The molecular formula is C13H13N3O4S. The van der Waals surface area contributed by atoms with Crippen molar-refractivity contribution in [2.45, 2.75) is 20.0 Å². The lowest BCUT2D eigenvalue weighted by Gasteiger charge is -2.05. The lowest BCUT2D eigenvalue weighted by molar-refractivity contribution is -0.394. The third kappa shape index (κ3) is 3.61. The summed E-state index contributed by atoms with van der Waals surface area (Å²) in [4.78, 5) is 21.6. The highest BCUT2D eigenvalue weighted by atomic mass is 32.1. The van der Waals surface area contributed by atoms with Gasteiger partial charge in [0.2, 0.25) is 0 Å². The summed E-state index contributed by atoms with van der Waals surface area (Å²) in [5.41, 5.74) is 1.09. The molecule has 0 unspecified atom stereocenters. The smallest absolute Gasteiger partial charge is 0.280 e. The summed E-state index contributed by atoms with van der Waals surface area (Å²) in [5, 5.41) is 26.8. The summed E-state index contributed by atoms with van der Waals surface area (Å²) >= 11 is 1.62. The van der Waals surface area contributed by atoms with Crippen molar-refractivity contribution in [3.63, 3.8) is 0 Å². The highest BCUT2D eigenvalue weighted by molar-refractivity contribution is 7.10. The second-order valence-electron chi connectivity index (χ2n) is 4.46. The Bertz CT molecular complexity index is 684. The number of non-ortho nitro benzene ring substituents is 1. The van der Waals surface area contributed by atoms with E-state index in [-0.39, 0.29) is 17.9 Å². The molecule has 7 nitrogen and oxygen atoms in total. The first kappa shape index (κ1) is 15.1. The van der Waals surface area contributed by atoms with Gasteiger partial charge >= 0.3 is 0 Å². The molecular weight excluding hydrogens is 294 g/mol. The van der Waals surface area contributed by atoms with Crippen LogP contribution in [0.2, 0.25) is 0 Å². The monoisotopic (exact) mass is 307 g/mol. The van der Waals surface area contributed by atoms with Crippen molar-refractivity contribution in [1.82, 2.24) is 5.32 Å². The first-order valence-electron chi connectivity index (χ1n) is 6.14. The van der Waals surface area contributed by atoms with E-state index in [9.17, 15) is 20.2 Å². The van der Waals surface area contributed by atoms with Crippen LogP contribution in [0.5, 0.6) is 0 Å². The zero-order chi connectivity index (χ0) is 15.4. The minimum Gasteiger partial charge on any atom is -0.308 e. The maximum absolute atomic E-state index is 11.0. The van der Waals surface area contributed by atoms with E-state index in [1.807, 2.05) is 18.4 Å². The van der Waals surface area contributed by atoms with Crippen LogP contribution >= 0.6 is 11.3 Å². The van der Waals surface area contributed by atoms with Crippen LogP contribution < -0.4 is 5.32 Å². The molecule has 2 aromatic rings. The van der Waals surface area contributed by atoms with Crippen LogP contribution in [0.4, 0.5) is 11.4 Å². The summed E-state index contributed by atoms with van der Waals surface area (Å²) in [7, 11) is 0. The van der Waals surface area contributed by atoms with Crippen LogP contribution in [-0.4, -0.2) is 9.85 Å². The van der Waals surface area contributed by atoms with Gasteiger partial charge in [0.15, 0.2) is 0 Å². The SMILES string of the molecule is Cc1ccsc1CNCc1ccc([N+](=O)[O-])cc1[N+](=O)[O-]. The number of aryl methyl sites for hydroxylation is 1. The van der Waals surface area contributed by atoms with Gasteiger partial charge in [-0.3, -0.25) is 20.2 Å². The second kappa shape index (κ2) is 6.42. The first-order valence-corrected chi connectivity index (χ1v) is 7.02. The molecule has 0 fully saturated rings. The Balaban J connectivity index is 2.10. The van der Waals surface area contributed by atoms with Gasteiger partial charge in [-0.15, -0.1) is 11.3 Å². The topological polar surface area (TPSA) is 98.3 Å². The molecule has 0 bridgehead atoms. The minimum atomic E-state index is -0.640. The molecule has 0 amide bonds. The maximum Gasteiger partial charge on any atom is 0.280 e. The third-order valence-electron chi connectivity index (χ3n) is 3.05. The lowest BCUT2D eigenvalue weighted by Crippen LogP contribution is -2.13. The Hall–Kier alpha value is -2.32. The molecule has 21 heavy (non-hydrogen) atoms. The van der Waals surface area contributed by atoms with Gasteiger partial charge in [-0.2, -0.15) is 0 Å². The molecule has 0 saturated carbocycles. The molecule has 0 aliphatic rings. The van der Waals surface area contributed by atoms with Crippen LogP contribution in [0, 0.1) is 27.2 Å². The fourth-order valence-corrected chi connectivity index (χ4v) is 2.76. The van der Waals surface area contributed by atoms with Gasteiger partial charge in [-0.25, -0.2) is 0 Å². The van der Waals surface area contributed by atoms with Crippen molar-refractivity contribution in [3.05, 3.63) is 65.9 Å². The largest absolute Gasteiger partial charge is 0.308 e. The Morgan fingerprint density at radius 1 is 1.14 bits per heavy atom. The van der Waals surface area contributed by atoms with Crippen molar-refractivity contribution in [2.75, 3.05) is 0 Å². The third-order valence-corrected chi connectivity index (χ3v) is 4.07. The van der Waals surface area contributed by atoms with E-state index >= 15 is 0 Å². The van der Waals surface area contributed by atoms with E-state index < -0.39 is 9.85 Å². The van der Waals surface area contributed by atoms with Crippen molar-refractivity contribution >= 4 is 22.7 Å². The highest BCUT2D eigenvalue weighted by Gasteiger charge is 2.18. The molecule has 0 radical (unpaired) electrons. The van der Waals surface area contributed by atoms with Gasteiger partial charge in [0.1, 0.15) is 0 Å². The molecule has 0 spiro atoms. The number of hydrogen-bond acceptors (Lipinski definition) is 6. The van der Waals surface area contributed by atoms with Gasteiger partial charge in [0, 0.05) is 29.6 Å². The van der Waals surface area contributed by atoms with E-state index in [1.165, 1.54) is 22.6 Å². The van der Waals surface area contributed by atoms with Crippen LogP contribution in [0.3, 0.4) is 0 Å². The molecule has 1 aromatic heterocycles. The number of nitrogens with zero attached hydrogens (tertiary/aromatic N) is 2. The zero-order valence-corrected chi connectivity index (χ0v) is 12.1. The number of benzene rings is 1. The predicted molar refractivity (Wildman–Crippen MR) is 79.4 cm³/mol. The van der Waals surface area contributed by atoms with Gasteiger partial charge in [-0.05, 0) is 30.0 Å². The summed E-state index contributed by atoms with van der Waals surface area (Å²) in [6, 6.07) is 5.70. The number of thiophene rings is 1. The molecule has 0 aliphatic heterocycles. The molecule has 110 valence electrons. The molecule has 1 N–H and O–H groups in total. The molecule has 0 aliphatic carbocycles. The van der Waals surface area contributed by atoms with Gasteiger partial charge in [0.05, 0.1) is 15.9 Å². The molecule has 2 rings (SSSR count). The Labute approximate surface area is 124 Å². The van der Waals surface area contributed by atoms with Crippen LogP contribution in [-0.2, 0) is 13.1 Å². The first-order chi connectivity index (χ1) is 9.99. The van der Waals surface area contributed by atoms with Crippen LogP contribution in [0.15, 0.2) is 29.6 Å². The molecule has 0 saturated heterocycles. The number of nitro benzene ring substituents is 2.